The smallest absolute Gasteiger partial charge is 0.320 e. The first-order valence-corrected chi connectivity index (χ1v) is 14.8. The molecule has 8 rings (SSSR count). The largest absolute Gasteiger partial charge is 0.461 e. The Morgan fingerprint density at radius 1 is 1.00 bits per heavy atom. The van der Waals surface area contributed by atoms with Crippen LogP contribution in [0.2, 0.25) is 5.02 Å². The number of alkyl halides is 1. The van der Waals surface area contributed by atoms with Gasteiger partial charge in [-0.25, -0.2) is 9.37 Å². The number of ether oxygens (including phenoxy) is 1. The summed E-state index contributed by atoms with van der Waals surface area (Å²) in [5, 5.41) is 7.36. The molecule has 4 saturated heterocycles. The number of fused-ring (bicyclic) bond motifs is 5. The summed E-state index contributed by atoms with van der Waals surface area (Å²) in [7, 11) is 0. The van der Waals surface area contributed by atoms with Crippen LogP contribution in [0.3, 0.4) is 0 Å². The average Bonchev–Trinajstić information content (AvgIpc) is 3.61. The van der Waals surface area contributed by atoms with Gasteiger partial charge in [0.15, 0.2) is 5.65 Å². The van der Waals surface area contributed by atoms with Gasteiger partial charge < -0.3 is 15.0 Å². The van der Waals surface area contributed by atoms with Crippen LogP contribution >= 0.6 is 11.6 Å². The molecule has 206 valence electrons. The lowest BCUT2D eigenvalue weighted by Gasteiger charge is -2.34. The van der Waals surface area contributed by atoms with E-state index >= 15 is 0 Å². The van der Waals surface area contributed by atoms with E-state index in [0.29, 0.717) is 48.3 Å². The third-order valence-electron chi connectivity index (χ3n) is 9.40. The molecule has 2 aromatic heterocycles. The first kappa shape index (κ1) is 24.7. The quantitative estimate of drug-likeness (QED) is 0.352. The Morgan fingerprint density at radius 3 is 2.67 bits per heavy atom. The molecule has 9 heteroatoms. The van der Waals surface area contributed by atoms with Crippen molar-refractivity contribution in [2.75, 3.05) is 37.7 Å². The Kier molecular flexibility index (Phi) is 5.87. The van der Waals surface area contributed by atoms with Crippen molar-refractivity contribution in [3.8, 4) is 17.3 Å². The van der Waals surface area contributed by atoms with Gasteiger partial charge in [-0.1, -0.05) is 41.9 Å². The van der Waals surface area contributed by atoms with Gasteiger partial charge in [0.25, 0.3) is 0 Å². The number of piperazine rings is 1. The Balaban J connectivity index is 1.21. The highest BCUT2D eigenvalue weighted by molar-refractivity contribution is 6.36. The molecular weight excluding hydrogens is 527 g/mol. The number of halogens is 2. The molecule has 4 fully saturated rings. The molecule has 3 unspecified atom stereocenters. The second-order valence-corrected chi connectivity index (χ2v) is 12.4. The third kappa shape index (κ3) is 4.11. The summed E-state index contributed by atoms with van der Waals surface area (Å²) in [5.74, 6) is 0.865. The molecule has 7 nitrogen and oxygen atoms in total. The Bertz CT molecular complexity index is 1600. The molecule has 4 atom stereocenters. The van der Waals surface area contributed by atoms with Crippen LogP contribution < -0.4 is 15.0 Å². The van der Waals surface area contributed by atoms with Gasteiger partial charge in [-0.3, -0.25) is 4.90 Å². The van der Waals surface area contributed by atoms with Crippen molar-refractivity contribution in [3.05, 3.63) is 53.6 Å². The second kappa shape index (κ2) is 9.50. The number of aromatic nitrogens is 3. The van der Waals surface area contributed by atoms with Crippen molar-refractivity contribution in [2.24, 2.45) is 0 Å². The van der Waals surface area contributed by atoms with Crippen molar-refractivity contribution in [1.29, 1.82) is 0 Å². The molecule has 2 bridgehead atoms. The lowest BCUT2D eigenvalue weighted by Crippen LogP contribution is -2.51. The maximum atomic E-state index is 14.4. The van der Waals surface area contributed by atoms with Crippen molar-refractivity contribution < 1.29 is 9.13 Å². The summed E-state index contributed by atoms with van der Waals surface area (Å²) in [4.78, 5) is 19.5. The highest BCUT2D eigenvalue weighted by atomic mass is 35.5. The monoisotopic (exact) mass is 558 g/mol. The molecule has 0 radical (unpaired) electrons. The van der Waals surface area contributed by atoms with E-state index < -0.39 is 6.17 Å². The molecule has 4 aliphatic rings. The summed E-state index contributed by atoms with van der Waals surface area (Å²) in [5.41, 5.74) is 2.11. The van der Waals surface area contributed by atoms with Crippen LogP contribution in [0, 0.1) is 0 Å². The number of hydrogen-bond donors (Lipinski definition) is 1. The van der Waals surface area contributed by atoms with Crippen LogP contribution in [0.15, 0.2) is 48.5 Å². The number of benzene rings is 2. The van der Waals surface area contributed by atoms with E-state index in [9.17, 15) is 4.39 Å². The zero-order chi connectivity index (χ0) is 26.8. The van der Waals surface area contributed by atoms with Crippen LogP contribution in [0.4, 0.5) is 10.2 Å². The number of rotatable bonds is 5. The molecule has 4 aliphatic heterocycles. The predicted molar refractivity (Wildman–Crippen MR) is 156 cm³/mol. The van der Waals surface area contributed by atoms with Crippen LogP contribution in [0.25, 0.3) is 33.1 Å². The molecule has 40 heavy (non-hydrogen) atoms. The normalized spacial score (nSPS) is 28.1. The maximum Gasteiger partial charge on any atom is 0.320 e. The van der Waals surface area contributed by atoms with Gasteiger partial charge in [-0.05, 0) is 55.8 Å². The van der Waals surface area contributed by atoms with E-state index in [2.05, 4.69) is 39.4 Å². The lowest BCUT2D eigenvalue weighted by molar-refractivity contribution is 0.107. The second-order valence-electron chi connectivity index (χ2n) is 11.9. The van der Waals surface area contributed by atoms with Crippen LogP contribution in [-0.4, -0.2) is 76.4 Å². The van der Waals surface area contributed by atoms with Crippen LogP contribution in [-0.2, 0) is 0 Å². The van der Waals surface area contributed by atoms with Gasteiger partial charge in [0.05, 0.1) is 16.6 Å². The Hall–Kier alpha value is -3.07. The minimum Gasteiger partial charge on any atom is -0.461 e. The van der Waals surface area contributed by atoms with Crippen LogP contribution in [0.1, 0.15) is 32.1 Å². The fourth-order valence-corrected chi connectivity index (χ4v) is 7.84. The summed E-state index contributed by atoms with van der Waals surface area (Å²) >= 11 is 6.66. The van der Waals surface area contributed by atoms with E-state index in [1.165, 1.54) is 12.8 Å². The van der Waals surface area contributed by atoms with E-state index in [1.54, 1.807) is 0 Å². The molecule has 2 aromatic carbocycles. The highest BCUT2D eigenvalue weighted by Crippen LogP contribution is 2.41. The highest BCUT2D eigenvalue weighted by Gasteiger charge is 2.49. The first-order chi connectivity index (χ1) is 19.5. The molecule has 0 saturated carbocycles. The van der Waals surface area contributed by atoms with Crippen molar-refractivity contribution >= 4 is 39.2 Å². The van der Waals surface area contributed by atoms with Crippen LogP contribution in [0.5, 0.6) is 6.01 Å². The van der Waals surface area contributed by atoms with Gasteiger partial charge in [0.2, 0.25) is 0 Å². The van der Waals surface area contributed by atoms with Gasteiger partial charge in [0.1, 0.15) is 18.6 Å². The summed E-state index contributed by atoms with van der Waals surface area (Å²) < 4.78 is 20.7. The van der Waals surface area contributed by atoms with Gasteiger partial charge in [-0.15, -0.1) is 0 Å². The van der Waals surface area contributed by atoms with E-state index in [1.807, 2.05) is 24.3 Å². The maximum absolute atomic E-state index is 14.4. The van der Waals surface area contributed by atoms with Crippen molar-refractivity contribution in [2.45, 2.75) is 55.9 Å². The van der Waals surface area contributed by atoms with Gasteiger partial charge in [0, 0.05) is 54.1 Å². The summed E-state index contributed by atoms with van der Waals surface area (Å²) in [6, 6.07) is 17.5. The molecule has 4 aromatic rings. The fourth-order valence-electron chi connectivity index (χ4n) is 7.56. The zero-order valence-corrected chi connectivity index (χ0v) is 23.1. The van der Waals surface area contributed by atoms with E-state index in [4.69, 9.17) is 31.3 Å². The molecular formula is C31H32ClFN6O. The lowest BCUT2D eigenvalue weighted by atomic mass is 9.95. The number of nitrogens with zero attached hydrogens (tertiary/aromatic N) is 5. The third-order valence-corrected chi connectivity index (χ3v) is 9.71. The average molecular weight is 559 g/mol. The zero-order valence-electron chi connectivity index (χ0n) is 22.3. The molecule has 0 aliphatic carbocycles. The molecule has 1 N–H and O–H groups in total. The first-order valence-electron chi connectivity index (χ1n) is 14.4. The SMILES string of the molecule is F[C@H]1CN2CCCC2(COc2nc(N3CC4CCC(C3)N4)c3ccc(-c4cccc5cccc(Cl)c45)nc3n2)C1. The Morgan fingerprint density at radius 2 is 1.82 bits per heavy atom. The van der Waals surface area contributed by atoms with E-state index in [0.717, 1.165) is 65.7 Å². The number of pyridine rings is 1. The number of anilines is 1. The molecule has 6 heterocycles. The number of nitrogens with one attached hydrogen (secondary N) is 1. The minimum absolute atomic E-state index is 0.263. The van der Waals surface area contributed by atoms with E-state index in [-0.39, 0.29) is 5.54 Å². The molecule has 0 spiro atoms. The number of hydrogen-bond acceptors (Lipinski definition) is 7. The predicted octanol–water partition coefficient (Wildman–Crippen LogP) is 5.39. The Labute approximate surface area is 237 Å². The minimum atomic E-state index is -0.801. The molecule has 0 amide bonds. The topological polar surface area (TPSA) is 66.4 Å². The van der Waals surface area contributed by atoms with Gasteiger partial charge in [-0.2, -0.15) is 9.97 Å². The van der Waals surface area contributed by atoms with Crippen molar-refractivity contribution in [3.63, 3.8) is 0 Å². The fraction of sp³-hybridized carbons (Fsp3) is 0.452. The summed E-state index contributed by atoms with van der Waals surface area (Å²) in [6.45, 7) is 3.60. The standard InChI is InChI=1S/C31H32ClFN6O/c32-25-7-2-5-19-4-1-6-23(27(19)25)26-11-10-24-28(35-26)36-30(37-29(24)38-16-21-8-9-22(17-38)34-21)40-18-31-12-3-13-39(31)15-20(33)14-31/h1-2,4-7,10-11,20-22,34H,3,8-9,12-18H2/t20-,21?,22?,31?/m1/s1. The van der Waals surface area contributed by atoms with Crippen molar-refractivity contribution in [1.82, 2.24) is 25.2 Å². The summed E-state index contributed by atoms with van der Waals surface area (Å²) in [6.07, 6.45) is 4.09. The van der Waals surface area contributed by atoms with Gasteiger partial charge >= 0.3 is 6.01 Å².